The monoisotopic (exact) mass is 635 g/mol. The SMILES string of the molecule is Cc1cc(Br)cc(Br)c1NC(=S)N[C@H](NC(=O)Cc1cccc2ccccc12)C(Cl)(Cl)Cl. The molecule has 0 fully saturated rings. The minimum Gasteiger partial charge on any atom is -0.339 e. The maximum Gasteiger partial charge on any atom is 0.228 e. The Labute approximate surface area is 223 Å². The summed E-state index contributed by atoms with van der Waals surface area (Å²) in [5.74, 6) is -0.311. The Morgan fingerprint density at radius 3 is 2.44 bits per heavy atom. The second-order valence-corrected chi connectivity index (χ2v) is 11.6. The predicted octanol–water partition coefficient (Wildman–Crippen LogP) is 7.01. The lowest BCUT2D eigenvalue weighted by Crippen LogP contribution is -2.56. The van der Waals surface area contributed by atoms with Crippen LogP contribution in [0.2, 0.25) is 0 Å². The molecule has 0 aromatic heterocycles. The topological polar surface area (TPSA) is 53.2 Å². The third-order valence-corrected chi connectivity index (χ3v) is 6.59. The fourth-order valence-corrected chi connectivity index (χ4v) is 5.26. The van der Waals surface area contributed by atoms with Crippen LogP contribution in [-0.4, -0.2) is 21.0 Å². The predicted molar refractivity (Wildman–Crippen MR) is 146 cm³/mol. The average molecular weight is 639 g/mol. The van der Waals surface area contributed by atoms with E-state index in [2.05, 4.69) is 47.8 Å². The van der Waals surface area contributed by atoms with Crippen LogP contribution in [-0.2, 0) is 11.2 Å². The fraction of sp³-hybridized carbons (Fsp3) is 0.182. The molecular weight excluding hydrogens is 620 g/mol. The number of aryl methyl sites for hydroxylation is 1. The first-order valence-corrected chi connectivity index (χ1v) is 12.5. The first kappa shape index (κ1) is 25.5. The van der Waals surface area contributed by atoms with Crippen LogP contribution in [0.15, 0.2) is 63.5 Å². The van der Waals surface area contributed by atoms with Crippen LogP contribution in [0.25, 0.3) is 10.8 Å². The second kappa shape index (κ2) is 10.9. The highest BCUT2D eigenvalue weighted by Gasteiger charge is 2.34. The summed E-state index contributed by atoms with van der Waals surface area (Å²) in [6.07, 6.45) is -0.929. The summed E-state index contributed by atoms with van der Waals surface area (Å²) < 4.78 is -0.114. The van der Waals surface area contributed by atoms with Gasteiger partial charge in [0.2, 0.25) is 9.70 Å². The quantitative estimate of drug-likeness (QED) is 0.160. The van der Waals surface area contributed by atoms with Gasteiger partial charge in [-0.3, -0.25) is 4.79 Å². The number of nitrogens with one attached hydrogen (secondary N) is 3. The molecule has 0 bridgehead atoms. The van der Waals surface area contributed by atoms with E-state index in [-0.39, 0.29) is 17.4 Å². The van der Waals surface area contributed by atoms with Crippen molar-refractivity contribution in [1.82, 2.24) is 10.6 Å². The third kappa shape index (κ3) is 6.72. The van der Waals surface area contributed by atoms with Crippen molar-refractivity contribution in [2.24, 2.45) is 0 Å². The number of carbonyl (C=O) groups is 1. The fourth-order valence-electron chi connectivity index (χ4n) is 3.17. The molecule has 3 rings (SSSR count). The number of hydrogen-bond donors (Lipinski definition) is 3. The summed E-state index contributed by atoms with van der Waals surface area (Å²) in [4.78, 5) is 12.8. The van der Waals surface area contributed by atoms with Gasteiger partial charge in [-0.1, -0.05) is 93.2 Å². The Hall–Kier alpha value is -1.09. The molecule has 0 spiro atoms. The molecule has 10 heteroatoms. The van der Waals surface area contributed by atoms with Crippen molar-refractivity contribution in [2.45, 2.75) is 23.3 Å². The van der Waals surface area contributed by atoms with E-state index in [1.165, 1.54) is 0 Å². The van der Waals surface area contributed by atoms with Crippen LogP contribution >= 0.6 is 78.9 Å². The summed E-state index contributed by atoms with van der Waals surface area (Å²) in [6.45, 7) is 1.93. The summed E-state index contributed by atoms with van der Waals surface area (Å²) in [7, 11) is 0. The van der Waals surface area contributed by atoms with Gasteiger partial charge in [0.25, 0.3) is 0 Å². The molecule has 0 radical (unpaired) electrons. The van der Waals surface area contributed by atoms with E-state index < -0.39 is 9.96 Å². The van der Waals surface area contributed by atoms with Gasteiger partial charge in [-0.15, -0.1) is 0 Å². The van der Waals surface area contributed by atoms with E-state index in [0.29, 0.717) is 0 Å². The van der Waals surface area contributed by atoms with Gasteiger partial charge in [0.05, 0.1) is 12.1 Å². The van der Waals surface area contributed by atoms with Gasteiger partial charge in [0.1, 0.15) is 6.17 Å². The lowest BCUT2D eigenvalue weighted by Gasteiger charge is -2.28. The van der Waals surface area contributed by atoms with Crippen molar-refractivity contribution < 1.29 is 4.79 Å². The van der Waals surface area contributed by atoms with Crippen molar-refractivity contribution >= 4 is 106 Å². The number of amides is 1. The summed E-state index contributed by atoms with van der Waals surface area (Å²) in [6, 6.07) is 17.5. The minimum atomic E-state index is -1.84. The van der Waals surface area contributed by atoms with Gasteiger partial charge in [-0.2, -0.15) is 0 Å². The zero-order valence-corrected chi connectivity index (χ0v) is 22.9. The Morgan fingerprint density at radius 2 is 1.75 bits per heavy atom. The molecule has 0 aliphatic heterocycles. The van der Waals surface area contributed by atoms with E-state index in [1.54, 1.807) is 0 Å². The molecule has 0 aliphatic rings. The Kier molecular flexibility index (Phi) is 8.69. The van der Waals surface area contributed by atoms with Crippen molar-refractivity contribution in [2.75, 3.05) is 5.32 Å². The molecule has 0 unspecified atom stereocenters. The standard InChI is InChI=1S/C22H18Br2Cl3N3OS/c1-12-9-15(23)11-17(24)19(12)29-21(32)30-20(22(25,26)27)28-18(31)10-14-7-4-6-13-5-2-3-8-16(13)14/h2-9,11,20H,10H2,1H3,(H,28,31)(H2,29,30,32)/t20-/m0/s1. The van der Waals surface area contributed by atoms with Crippen molar-refractivity contribution in [1.29, 1.82) is 0 Å². The number of alkyl halides is 3. The van der Waals surface area contributed by atoms with E-state index in [1.807, 2.05) is 61.5 Å². The average Bonchev–Trinajstić information content (AvgIpc) is 2.70. The second-order valence-electron chi connectivity index (χ2n) is 7.04. The Balaban J connectivity index is 1.71. The number of anilines is 1. The van der Waals surface area contributed by atoms with Crippen LogP contribution in [0.3, 0.4) is 0 Å². The molecule has 32 heavy (non-hydrogen) atoms. The summed E-state index contributed by atoms with van der Waals surface area (Å²) >= 11 is 30.7. The molecular formula is C22H18Br2Cl3N3OS. The number of rotatable bonds is 5. The summed E-state index contributed by atoms with van der Waals surface area (Å²) in [5, 5.41) is 10.9. The van der Waals surface area contributed by atoms with Crippen LogP contribution in [0.5, 0.6) is 0 Å². The molecule has 3 aromatic rings. The molecule has 0 heterocycles. The lowest BCUT2D eigenvalue weighted by atomic mass is 10.0. The Bertz CT molecular complexity index is 1140. The molecule has 3 aromatic carbocycles. The molecule has 0 saturated carbocycles. The number of fused-ring (bicyclic) bond motifs is 1. The van der Waals surface area contributed by atoms with Crippen molar-refractivity contribution in [3.8, 4) is 0 Å². The molecule has 168 valence electrons. The number of hydrogen-bond acceptors (Lipinski definition) is 2. The Morgan fingerprint density at radius 1 is 1.06 bits per heavy atom. The van der Waals surface area contributed by atoms with Crippen LogP contribution in [0, 0.1) is 6.92 Å². The number of thiocarbonyl (C=S) groups is 1. The molecule has 1 atom stereocenters. The van der Waals surface area contributed by atoms with E-state index in [9.17, 15) is 4.79 Å². The smallest absolute Gasteiger partial charge is 0.228 e. The van der Waals surface area contributed by atoms with Crippen LogP contribution in [0.1, 0.15) is 11.1 Å². The normalized spacial score (nSPS) is 12.3. The van der Waals surface area contributed by atoms with Crippen LogP contribution < -0.4 is 16.0 Å². The van der Waals surface area contributed by atoms with Gasteiger partial charge < -0.3 is 16.0 Å². The molecule has 4 nitrogen and oxygen atoms in total. The number of benzene rings is 3. The van der Waals surface area contributed by atoms with Gasteiger partial charge in [0, 0.05) is 8.95 Å². The van der Waals surface area contributed by atoms with Gasteiger partial charge >= 0.3 is 0 Å². The summed E-state index contributed by atoms with van der Waals surface area (Å²) in [5.41, 5.74) is 2.58. The van der Waals surface area contributed by atoms with Crippen LogP contribution in [0.4, 0.5) is 5.69 Å². The highest BCUT2D eigenvalue weighted by molar-refractivity contribution is 9.11. The third-order valence-electron chi connectivity index (χ3n) is 4.63. The van der Waals surface area contributed by atoms with E-state index >= 15 is 0 Å². The van der Waals surface area contributed by atoms with Gasteiger partial charge in [-0.05, 0) is 69.1 Å². The maximum atomic E-state index is 12.8. The van der Waals surface area contributed by atoms with Crippen molar-refractivity contribution in [3.05, 3.63) is 74.7 Å². The number of carbonyl (C=O) groups excluding carboxylic acids is 1. The van der Waals surface area contributed by atoms with Gasteiger partial charge in [-0.25, -0.2) is 0 Å². The lowest BCUT2D eigenvalue weighted by molar-refractivity contribution is -0.121. The first-order chi connectivity index (χ1) is 15.0. The largest absolute Gasteiger partial charge is 0.339 e. The van der Waals surface area contributed by atoms with Gasteiger partial charge in [0.15, 0.2) is 5.11 Å². The minimum absolute atomic E-state index is 0.123. The zero-order chi connectivity index (χ0) is 23.5. The molecule has 3 N–H and O–H groups in total. The van der Waals surface area contributed by atoms with E-state index in [0.717, 1.165) is 36.5 Å². The molecule has 0 aliphatic carbocycles. The van der Waals surface area contributed by atoms with Crippen molar-refractivity contribution in [3.63, 3.8) is 0 Å². The highest BCUT2D eigenvalue weighted by Crippen LogP contribution is 2.31. The number of halogens is 5. The molecule has 0 saturated heterocycles. The zero-order valence-electron chi connectivity index (χ0n) is 16.7. The maximum absolute atomic E-state index is 12.8. The molecule has 1 amide bonds. The van der Waals surface area contributed by atoms with E-state index in [4.69, 9.17) is 47.0 Å². The first-order valence-electron chi connectivity index (χ1n) is 9.40. The highest BCUT2D eigenvalue weighted by atomic mass is 79.9.